The molecule has 1 atom stereocenters. The number of rotatable bonds is 5. The van der Waals surface area contributed by atoms with Gasteiger partial charge in [0, 0.05) is 42.8 Å². The van der Waals surface area contributed by atoms with E-state index in [4.69, 9.17) is 11.6 Å². The van der Waals surface area contributed by atoms with Crippen LogP contribution in [0.15, 0.2) is 48.5 Å². The van der Waals surface area contributed by atoms with E-state index in [2.05, 4.69) is 10.2 Å². The molecule has 0 bridgehead atoms. The van der Waals surface area contributed by atoms with Crippen LogP contribution in [-0.2, 0) is 9.59 Å². The van der Waals surface area contributed by atoms with Gasteiger partial charge in [-0.3, -0.25) is 14.5 Å². The zero-order chi connectivity index (χ0) is 21.0. The lowest BCUT2D eigenvalue weighted by atomic mass is 10.0. The van der Waals surface area contributed by atoms with E-state index in [0.29, 0.717) is 36.9 Å². The van der Waals surface area contributed by atoms with Crippen molar-refractivity contribution < 1.29 is 9.59 Å². The van der Waals surface area contributed by atoms with Crippen LogP contribution in [0.3, 0.4) is 0 Å². The number of halogens is 1. The third-order valence-corrected chi connectivity index (χ3v) is 5.70. The van der Waals surface area contributed by atoms with Crippen LogP contribution in [0.1, 0.15) is 31.0 Å². The predicted octanol–water partition coefficient (Wildman–Crippen LogP) is 4.13. The summed E-state index contributed by atoms with van der Waals surface area (Å²) in [6.45, 7) is 8.33. The summed E-state index contributed by atoms with van der Waals surface area (Å²) in [6, 6.07) is 14.9. The molecule has 1 saturated heterocycles. The van der Waals surface area contributed by atoms with Gasteiger partial charge in [-0.15, -0.1) is 0 Å². The molecule has 0 spiro atoms. The zero-order valence-corrected chi connectivity index (χ0v) is 17.9. The molecule has 1 aliphatic rings. The van der Waals surface area contributed by atoms with Crippen molar-refractivity contribution >= 4 is 29.1 Å². The van der Waals surface area contributed by atoms with Crippen LogP contribution in [0.25, 0.3) is 0 Å². The van der Waals surface area contributed by atoms with E-state index in [1.165, 1.54) is 0 Å². The minimum absolute atomic E-state index is 0.0129. The number of hydrogen-bond acceptors (Lipinski definition) is 3. The number of carbonyl (C=O) groups excluding carboxylic acids is 2. The molecule has 0 aliphatic carbocycles. The molecule has 1 aliphatic heterocycles. The standard InChI is InChI=1S/C23H28ClN3O2/c1-16(2)23(29)27-13-11-26(12-14-27)21(18-7-5-4-6-8-18)22(28)25-19-10-9-17(3)20(24)15-19/h4-10,15-16,21H,11-14H2,1-3H3,(H,25,28). The molecule has 154 valence electrons. The monoisotopic (exact) mass is 413 g/mol. The van der Waals surface area contributed by atoms with Gasteiger partial charge in [0.2, 0.25) is 11.8 Å². The van der Waals surface area contributed by atoms with Crippen LogP contribution >= 0.6 is 11.6 Å². The largest absolute Gasteiger partial charge is 0.340 e. The highest BCUT2D eigenvalue weighted by Crippen LogP contribution is 2.26. The van der Waals surface area contributed by atoms with E-state index in [9.17, 15) is 9.59 Å². The van der Waals surface area contributed by atoms with Crippen molar-refractivity contribution in [1.82, 2.24) is 9.80 Å². The third kappa shape index (κ3) is 5.17. The van der Waals surface area contributed by atoms with Gasteiger partial charge in [0.1, 0.15) is 6.04 Å². The summed E-state index contributed by atoms with van der Waals surface area (Å²) in [6.07, 6.45) is 0. The number of piperazine rings is 1. The van der Waals surface area contributed by atoms with E-state index in [0.717, 1.165) is 11.1 Å². The highest BCUT2D eigenvalue weighted by molar-refractivity contribution is 6.31. The second-order valence-corrected chi connectivity index (χ2v) is 8.19. The van der Waals surface area contributed by atoms with Crippen molar-refractivity contribution in [3.05, 3.63) is 64.7 Å². The lowest BCUT2D eigenvalue weighted by Gasteiger charge is -2.39. The quantitative estimate of drug-likeness (QED) is 0.801. The van der Waals surface area contributed by atoms with Crippen molar-refractivity contribution in [2.24, 2.45) is 5.92 Å². The number of anilines is 1. The van der Waals surface area contributed by atoms with Gasteiger partial charge < -0.3 is 10.2 Å². The number of aryl methyl sites for hydroxylation is 1. The Kier molecular flexibility index (Phi) is 6.93. The summed E-state index contributed by atoms with van der Waals surface area (Å²) in [4.78, 5) is 29.6. The topological polar surface area (TPSA) is 52.7 Å². The molecule has 29 heavy (non-hydrogen) atoms. The van der Waals surface area contributed by atoms with Crippen molar-refractivity contribution in [1.29, 1.82) is 0 Å². The number of nitrogens with zero attached hydrogens (tertiary/aromatic N) is 2. The fourth-order valence-electron chi connectivity index (χ4n) is 3.61. The number of hydrogen-bond donors (Lipinski definition) is 1. The summed E-state index contributed by atoms with van der Waals surface area (Å²) >= 11 is 6.21. The summed E-state index contributed by atoms with van der Waals surface area (Å²) in [5, 5.41) is 3.64. The van der Waals surface area contributed by atoms with E-state index < -0.39 is 6.04 Å². The second kappa shape index (κ2) is 9.42. The molecule has 1 unspecified atom stereocenters. The maximum atomic E-state index is 13.3. The fraction of sp³-hybridized carbons (Fsp3) is 0.391. The maximum Gasteiger partial charge on any atom is 0.246 e. The molecule has 0 aromatic heterocycles. The average molecular weight is 414 g/mol. The number of nitrogens with one attached hydrogen (secondary N) is 1. The van der Waals surface area contributed by atoms with Gasteiger partial charge in [-0.05, 0) is 30.2 Å². The summed E-state index contributed by atoms with van der Waals surface area (Å²) in [7, 11) is 0. The van der Waals surface area contributed by atoms with Gasteiger partial charge in [-0.25, -0.2) is 0 Å². The third-order valence-electron chi connectivity index (χ3n) is 5.29. The first kappa shape index (κ1) is 21.3. The van der Waals surface area contributed by atoms with Crippen LogP contribution in [0, 0.1) is 12.8 Å². The maximum absolute atomic E-state index is 13.3. The van der Waals surface area contributed by atoms with E-state index in [1.54, 1.807) is 6.07 Å². The lowest BCUT2D eigenvalue weighted by molar-refractivity contribution is -0.137. The predicted molar refractivity (Wildman–Crippen MR) is 117 cm³/mol. The number of carbonyl (C=O) groups is 2. The Morgan fingerprint density at radius 1 is 1.00 bits per heavy atom. The molecule has 5 nitrogen and oxygen atoms in total. The molecule has 1 fully saturated rings. The molecular weight excluding hydrogens is 386 g/mol. The lowest BCUT2D eigenvalue weighted by Crippen LogP contribution is -2.52. The van der Waals surface area contributed by atoms with Gasteiger partial charge >= 0.3 is 0 Å². The Balaban J connectivity index is 1.78. The molecule has 1 heterocycles. The first-order chi connectivity index (χ1) is 13.9. The minimum Gasteiger partial charge on any atom is -0.340 e. The molecule has 3 rings (SSSR count). The van der Waals surface area contributed by atoms with Crippen LogP contribution in [0.2, 0.25) is 5.02 Å². The zero-order valence-electron chi connectivity index (χ0n) is 17.2. The highest BCUT2D eigenvalue weighted by Gasteiger charge is 2.32. The van der Waals surface area contributed by atoms with Crippen LogP contribution < -0.4 is 5.32 Å². The molecular formula is C23H28ClN3O2. The molecule has 2 amide bonds. The molecule has 0 saturated carbocycles. The first-order valence-corrected chi connectivity index (χ1v) is 10.4. The van der Waals surface area contributed by atoms with Crippen molar-refractivity contribution in [2.45, 2.75) is 26.8 Å². The Morgan fingerprint density at radius 2 is 1.66 bits per heavy atom. The van der Waals surface area contributed by atoms with Crippen LogP contribution in [0.5, 0.6) is 0 Å². The van der Waals surface area contributed by atoms with Gasteiger partial charge in [0.15, 0.2) is 0 Å². The molecule has 2 aromatic carbocycles. The van der Waals surface area contributed by atoms with Crippen molar-refractivity contribution in [2.75, 3.05) is 31.5 Å². The molecule has 0 radical (unpaired) electrons. The van der Waals surface area contributed by atoms with Gasteiger partial charge in [-0.1, -0.05) is 61.8 Å². The van der Waals surface area contributed by atoms with Crippen LogP contribution in [0.4, 0.5) is 5.69 Å². The second-order valence-electron chi connectivity index (χ2n) is 7.78. The Morgan fingerprint density at radius 3 is 2.24 bits per heavy atom. The SMILES string of the molecule is Cc1ccc(NC(=O)C(c2ccccc2)N2CCN(C(=O)C(C)C)CC2)cc1Cl. The van der Waals surface area contributed by atoms with Crippen molar-refractivity contribution in [3.8, 4) is 0 Å². The number of amides is 2. The Bertz CT molecular complexity index is 862. The van der Waals surface area contributed by atoms with Gasteiger partial charge in [-0.2, -0.15) is 0 Å². The van der Waals surface area contributed by atoms with Crippen LogP contribution in [-0.4, -0.2) is 47.8 Å². The summed E-state index contributed by atoms with van der Waals surface area (Å²) in [5.41, 5.74) is 2.59. The number of benzene rings is 2. The smallest absolute Gasteiger partial charge is 0.246 e. The molecule has 2 aromatic rings. The average Bonchev–Trinajstić information content (AvgIpc) is 2.71. The van der Waals surface area contributed by atoms with E-state index >= 15 is 0 Å². The fourth-order valence-corrected chi connectivity index (χ4v) is 3.79. The van der Waals surface area contributed by atoms with Gasteiger partial charge in [0.05, 0.1) is 0 Å². The van der Waals surface area contributed by atoms with E-state index in [1.807, 2.05) is 68.1 Å². The van der Waals surface area contributed by atoms with E-state index in [-0.39, 0.29) is 17.7 Å². The summed E-state index contributed by atoms with van der Waals surface area (Å²) < 4.78 is 0. The van der Waals surface area contributed by atoms with Gasteiger partial charge in [0.25, 0.3) is 0 Å². The Labute approximate surface area is 177 Å². The molecule has 6 heteroatoms. The normalized spacial score (nSPS) is 16.0. The Hall–Kier alpha value is -2.37. The first-order valence-electron chi connectivity index (χ1n) is 10.0. The summed E-state index contributed by atoms with van der Waals surface area (Å²) in [5.74, 6) is 0.0560. The minimum atomic E-state index is -0.424. The van der Waals surface area contributed by atoms with Crippen molar-refractivity contribution in [3.63, 3.8) is 0 Å². The highest BCUT2D eigenvalue weighted by atomic mass is 35.5. The molecule has 1 N–H and O–H groups in total.